The van der Waals surface area contributed by atoms with Gasteiger partial charge in [0.1, 0.15) is 0 Å². The van der Waals surface area contributed by atoms with Gasteiger partial charge in [-0.05, 0) is 19.3 Å². The molecule has 2 aliphatic heterocycles. The first kappa shape index (κ1) is 14.1. The van der Waals surface area contributed by atoms with Crippen LogP contribution in [-0.4, -0.2) is 55.1 Å². The van der Waals surface area contributed by atoms with Crippen LogP contribution in [0.3, 0.4) is 0 Å². The smallest absolute Gasteiger partial charge is 0.332 e. The monoisotopic (exact) mass is 272 g/mol. The van der Waals surface area contributed by atoms with Gasteiger partial charge in [-0.2, -0.15) is 0 Å². The molecule has 0 aliphatic carbocycles. The number of carboxylic acids is 1. The van der Waals surface area contributed by atoms with Crippen LogP contribution >= 0.6 is 0 Å². The SMILES string of the molecule is O=C(NCCC1CCCO1)NC1(C(=O)O)CCOC1. The Morgan fingerprint density at radius 3 is 2.79 bits per heavy atom. The summed E-state index contributed by atoms with van der Waals surface area (Å²) in [6.45, 7) is 1.63. The number of ether oxygens (including phenoxy) is 2. The molecule has 2 atom stereocenters. The Balaban J connectivity index is 1.72. The van der Waals surface area contributed by atoms with Crippen molar-refractivity contribution in [3.63, 3.8) is 0 Å². The Hall–Kier alpha value is -1.34. The maximum atomic E-state index is 11.7. The predicted molar refractivity (Wildman–Crippen MR) is 65.9 cm³/mol. The van der Waals surface area contributed by atoms with Crippen LogP contribution in [0, 0.1) is 0 Å². The van der Waals surface area contributed by atoms with Gasteiger partial charge in [-0.1, -0.05) is 0 Å². The molecule has 0 aromatic heterocycles. The number of carbonyl (C=O) groups excluding carboxylic acids is 1. The maximum absolute atomic E-state index is 11.7. The fourth-order valence-corrected chi connectivity index (χ4v) is 2.37. The Morgan fingerprint density at radius 2 is 2.21 bits per heavy atom. The van der Waals surface area contributed by atoms with E-state index in [2.05, 4.69) is 10.6 Å². The van der Waals surface area contributed by atoms with Gasteiger partial charge in [-0.15, -0.1) is 0 Å². The number of hydrogen-bond acceptors (Lipinski definition) is 4. The third-order valence-electron chi connectivity index (χ3n) is 3.56. The fraction of sp³-hybridized carbons (Fsp3) is 0.833. The van der Waals surface area contributed by atoms with Gasteiger partial charge in [0.25, 0.3) is 0 Å². The summed E-state index contributed by atoms with van der Waals surface area (Å²) >= 11 is 0. The van der Waals surface area contributed by atoms with Gasteiger partial charge in [0.05, 0.1) is 12.7 Å². The molecule has 0 aromatic carbocycles. The Kier molecular flexibility index (Phi) is 4.60. The highest BCUT2D eigenvalue weighted by atomic mass is 16.5. The first-order chi connectivity index (χ1) is 9.12. The first-order valence-electron chi connectivity index (χ1n) is 6.61. The lowest BCUT2D eigenvalue weighted by Crippen LogP contribution is -2.57. The number of aliphatic carboxylic acids is 1. The summed E-state index contributed by atoms with van der Waals surface area (Å²) in [5.41, 5.74) is -1.28. The molecule has 2 amide bonds. The van der Waals surface area contributed by atoms with Gasteiger partial charge in [0, 0.05) is 26.2 Å². The molecule has 0 bridgehead atoms. The molecule has 2 unspecified atom stereocenters. The highest BCUT2D eigenvalue weighted by Gasteiger charge is 2.43. The van der Waals surface area contributed by atoms with E-state index in [-0.39, 0.29) is 12.7 Å². The summed E-state index contributed by atoms with van der Waals surface area (Å²) in [5.74, 6) is -1.06. The average molecular weight is 272 g/mol. The molecule has 0 saturated carbocycles. The quantitative estimate of drug-likeness (QED) is 0.659. The van der Waals surface area contributed by atoms with E-state index in [4.69, 9.17) is 14.6 Å². The lowest BCUT2D eigenvalue weighted by molar-refractivity contribution is -0.144. The standard InChI is InChI=1S/C12H20N2O5/c15-10(16)12(4-7-18-8-12)14-11(17)13-5-3-9-2-1-6-19-9/h9H,1-8H2,(H,15,16)(H2,13,14,17). The van der Waals surface area contributed by atoms with Crippen molar-refractivity contribution >= 4 is 12.0 Å². The van der Waals surface area contributed by atoms with Crippen molar-refractivity contribution in [1.29, 1.82) is 0 Å². The summed E-state index contributed by atoms with van der Waals surface area (Å²) in [7, 11) is 0. The highest BCUT2D eigenvalue weighted by molar-refractivity contribution is 5.86. The Morgan fingerprint density at radius 1 is 1.37 bits per heavy atom. The number of carboxylic acid groups (broad SMARTS) is 1. The summed E-state index contributed by atoms with van der Waals surface area (Å²) < 4.78 is 10.5. The second kappa shape index (κ2) is 6.21. The van der Waals surface area contributed by atoms with Gasteiger partial charge < -0.3 is 25.2 Å². The normalized spacial score (nSPS) is 30.2. The number of hydrogen-bond donors (Lipinski definition) is 3. The summed E-state index contributed by atoms with van der Waals surface area (Å²) in [5, 5.41) is 14.3. The van der Waals surface area contributed by atoms with Crippen molar-refractivity contribution < 1.29 is 24.2 Å². The van der Waals surface area contributed by atoms with Crippen molar-refractivity contribution in [1.82, 2.24) is 10.6 Å². The lowest BCUT2D eigenvalue weighted by atomic mass is 9.99. The molecule has 2 saturated heterocycles. The highest BCUT2D eigenvalue weighted by Crippen LogP contribution is 2.19. The zero-order valence-electron chi connectivity index (χ0n) is 10.8. The van der Waals surface area contributed by atoms with Crippen LogP contribution in [0.15, 0.2) is 0 Å². The van der Waals surface area contributed by atoms with E-state index in [0.717, 1.165) is 25.9 Å². The maximum Gasteiger partial charge on any atom is 0.332 e. The molecule has 19 heavy (non-hydrogen) atoms. The van der Waals surface area contributed by atoms with Gasteiger partial charge in [0.2, 0.25) is 0 Å². The average Bonchev–Trinajstić information content (AvgIpc) is 3.00. The zero-order chi connectivity index (χ0) is 13.7. The molecule has 2 aliphatic rings. The topological polar surface area (TPSA) is 96.9 Å². The minimum Gasteiger partial charge on any atom is -0.479 e. The summed E-state index contributed by atoms with van der Waals surface area (Å²) in [6.07, 6.45) is 3.35. The van der Waals surface area contributed by atoms with E-state index in [1.807, 2.05) is 0 Å². The zero-order valence-corrected chi connectivity index (χ0v) is 10.8. The van der Waals surface area contributed by atoms with Crippen molar-refractivity contribution in [3.05, 3.63) is 0 Å². The molecule has 2 fully saturated rings. The molecule has 7 nitrogen and oxygen atoms in total. The molecule has 7 heteroatoms. The van der Waals surface area contributed by atoms with Crippen LogP contribution < -0.4 is 10.6 Å². The number of amides is 2. The van der Waals surface area contributed by atoms with E-state index < -0.39 is 17.5 Å². The lowest BCUT2D eigenvalue weighted by Gasteiger charge is -2.24. The van der Waals surface area contributed by atoms with Crippen LogP contribution in [-0.2, 0) is 14.3 Å². The second-order valence-corrected chi connectivity index (χ2v) is 4.99. The van der Waals surface area contributed by atoms with Gasteiger partial charge in [0.15, 0.2) is 5.54 Å². The number of rotatable bonds is 5. The molecule has 108 valence electrons. The number of urea groups is 1. The molecular formula is C12H20N2O5. The Labute approximate surface area is 111 Å². The second-order valence-electron chi connectivity index (χ2n) is 4.99. The minimum atomic E-state index is -1.28. The molecular weight excluding hydrogens is 252 g/mol. The molecule has 0 aromatic rings. The van der Waals surface area contributed by atoms with Crippen molar-refractivity contribution in [2.75, 3.05) is 26.4 Å². The van der Waals surface area contributed by atoms with Crippen LogP contribution in [0.1, 0.15) is 25.7 Å². The third-order valence-corrected chi connectivity index (χ3v) is 3.56. The summed E-state index contributed by atoms with van der Waals surface area (Å²) in [6, 6.07) is -0.467. The van der Waals surface area contributed by atoms with Crippen LogP contribution in [0.4, 0.5) is 4.79 Å². The van der Waals surface area contributed by atoms with Crippen LogP contribution in [0.25, 0.3) is 0 Å². The van der Waals surface area contributed by atoms with E-state index in [1.54, 1.807) is 0 Å². The third kappa shape index (κ3) is 3.57. The molecule has 0 radical (unpaired) electrons. The van der Waals surface area contributed by atoms with Gasteiger partial charge >= 0.3 is 12.0 Å². The van der Waals surface area contributed by atoms with Gasteiger partial charge in [-0.3, -0.25) is 0 Å². The number of carbonyl (C=O) groups is 2. The summed E-state index contributed by atoms with van der Waals surface area (Å²) in [4.78, 5) is 22.9. The number of nitrogens with one attached hydrogen (secondary N) is 2. The fourth-order valence-electron chi connectivity index (χ4n) is 2.37. The van der Waals surface area contributed by atoms with Crippen molar-refractivity contribution in [2.45, 2.75) is 37.3 Å². The van der Waals surface area contributed by atoms with Crippen LogP contribution in [0.5, 0.6) is 0 Å². The molecule has 3 N–H and O–H groups in total. The van der Waals surface area contributed by atoms with Gasteiger partial charge in [-0.25, -0.2) is 9.59 Å². The van der Waals surface area contributed by atoms with E-state index in [0.29, 0.717) is 19.6 Å². The Bertz CT molecular complexity index is 335. The van der Waals surface area contributed by atoms with Crippen molar-refractivity contribution in [2.24, 2.45) is 0 Å². The minimum absolute atomic E-state index is 0.0154. The molecule has 0 spiro atoms. The molecule has 2 heterocycles. The predicted octanol–water partition coefficient (Wildman–Crippen LogP) is 0.0984. The van der Waals surface area contributed by atoms with E-state index >= 15 is 0 Å². The largest absolute Gasteiger partial charge is 0.479 e. The first-order valence-corrected chi connectivity index (χ1v) is 6.61. The van der Waals surface area contributed by atoms with E-state index in [1.165, 1.54) is 0 Å². The van der Waals surface area contributed by atoms with Crippen LogP contribution in [0.2, 0.25) is 0 Å². The van der Waals surface area contributed by atoms with E-state index in [9.17, 15) is 9.59 Å². The van der Waals surface area contributed by atoms with Crippen molar-refractivity contribution in [3.8, 4) is 0 Å². The molecule has 2 rings (SSSR count).